The van der Waals surface area contributed by atoms with Crippen LogP contribution in [0.4, 0.5) is 0 Å². The van der Waals surface area contributed by atoms with Crippen molar-refractivity contribution in [1.82, 2.24) is 10.3 Å². The van der Waals surface area contributed by atoms with Crippen LogP contribution in [-0.2, 0) is 21.1 Å². The van der Waals surface area contributed by atoms with Gasteiger partial charge in [0, 0.05) is 12.8 Å². The first-order valence-electron chi connectivity index (χ1n) is 7.21. The molecule has 1 atom stereocenters. The predicted octanol–water partition coefficient (Wildman–Crippen LogP) is 1.92. The van der Waals surface area contributed by atoms with E-state index in [9.17, 15) is 13.2 Å². The Morgan fingerprint density at radius 2 is 2.18 bits per heavy atom. The Morgan fingerprint density at radius 1 is 1.41 bits per heavy atom. The third-order valence-electron chi connectivity index (χ3n) is 3.85. The summed E-state index contributed by atoms with van der Waals surface area (Å²) in [5.41, 5.74) is 0.334. The zero-order chi connectivity index (χ0) is 15.8. The Kier molecular flexibility index (Phi) is 3.94. The van der Waals surface area contributed by atoms with Crippen molar-refractivity contribution >= 4 is 37.3 Å². The maximum atomic E-state index is 12.1. The average Bonchev–Trinajstić information content (AvgIpc) is 2.96. The highest BCUT2D eigenvalue weighted by Gasteiger charge is 2.39. The molecule has 1 amide bonds. The van der Waals surface area contributed by atoms with Crippen molar-refractivity contribution in [2.75, 3.05) is 11.5 Å². The Labute approximate surface area is 133 Å². The van der Waals surface area contributed by atoms with Crippen molar-refractivity contribution < 1.29 is 13.2 Å². The molecule has 0 unspecified atom stereocenters. The number of rotatable bonds is 4. The lowest BCUT2D eigenvalue weighted by Gasteiger charge is -2.23. The molecule has 1 aromatic carbocycles. The van der Waals surface area contributed by atoms with E-state index >= 15 is 0 Å². The molecule has 2 aromatic rings. The van der Waals surface area contributed by atoms with Crippen LogP contribution < -0.4 is 5.32 Å². The molecule has 0 saturated carbocycles. The van der Waals surface area contributed by atoms with Gasteiger partial charge in [-0.25, -0.2) is 13.4 Å². The van der Waals surface area contributed by atoms with Gasteiger partial charge in [-0.3, -0.25) is 4.79 Å². The second-order valence-electron chi connectivity index (χ2n) is 6.03. The number of fused-ring (bicyclic) bond motifs is 1. The van der Waals surface area contributed by atoms with Gasteiger partial charge >= 0.3 is 0 Å². The molecule has 1 aliphatic rings. The summed E-state index contributed by atoms with van der Waals surface area (Å²) < 4.78 is 24.2. The number of carbonyl (C=O) groups excluding carboxylic acids is 1. The molecular formula is C15H18N2O3S2. The molecule has 2 heterocycles. The Morgan fingerprint density at radius 3 is 2.86 bits per heavy atom. The maximum Gasteiger partial charge on any atom is 0.220 e. The number of hydrogen-bond acceptors (Lipinski definition) is 5. The summed E-state index contributed by atoms with van der Waals surface area (Å²) >= 11 is 1.59. The topological polar surface area (TPSA) is 76.1 Å². The van der Waals surface area contributed by atoms with E-state index in [0.717, 1.165) is 15.2 Å². The van der Waals surface area contributed by atoms with Gasteiger partial charge in [-0.1, -0.05) is 12.1 Å². The van der Waals surface area contributed by atoms with Crippen molar-refractivity contribution in [3.63, 3.8) is 0 Å². The molecule has 1 aromatic heterocycles. The number of hydrogen-bond donors (Lipinski definition) is 1. The molecule has 0 bridgehead atoms. The van der Waals surface area contributed by atoms with Gasteiger partial charge in [-0.15, -0.1) is 11.3 Å². The summed E-state index contributed by atoms with van der Waals surface area (Å²) in [6.45, 7) is 1.80. The second-order valence-corrected chi connectivity index (χ2v) is 9.33. The minimum Gasteiger partial charge on any atom is -0.350 e. The maximum absolute atomic E-state index is 12.1. The van der Waals surface area contributed by atoms with Crippen molar-refractivity contribution in [2.24, 2.45) is 0 Å². The standard InChI is InChI=1S/C15H18N2O3S2/c1-15(8-9-22(19,20)10-15)17-13(18)6-7-14-16-11-4-2-3-5-12(11)21-14/h2-5H,6-10H2,1H3,(H,17,18)/t15-/m0/s1. The van der Waals surface area contributed by atoms with Crippen LogP contribution in [0.25, 0.3) is 10.2 Å². The number of nitrogens with one attached hydrogen (secondary N) is 1. The van der Waals surface area contributed by atoms with E-state index in [1.54, 1.807) is 18.3 Å². The zero-order valence-corrected chi connectivity index (χ0v) is 14.0. The normalized spacial score (nSPS) is 23.7. The minimum absolute atomic E-state index is 0.0346. The SMILES string of the molecule is C[C@]1(NC(=O)CCc2nc3ccccc3s2)CCS(=O)(=O)C1. The van der Waals surface area contributed by atoms with Gasteiger partial charge in [0.25, 0.3) is 0 Å². The number of sulfone groups is 1. The van der Waals surface area contributed by atoms with Gasteiger partial charge in [-0.05, 0) is 25.5 Å². The molecule has 0 spiro atoms. The summed E-state index contributed by atoms with van der Waals surface area (Å²) in [6, 6.07) is 7.89. The molecule has 22 heavy (non-hydrogen) atoms. The number of carbonyl (C=O) groups is 1. The van der Waals surface area contributed by atoms with E-state index in [1.807, 2.05) is 24.3 Å². The van der Waals surface area contributed by atoms with Crippen molar-refractivity contribution in [2.45, 2.75) is 31.7 Å². The van der Waals surface area contributed by atoms with Gasteiger partial charge < -0.3 is 5.32 Å². The lowest BCUT2D eigenvalue weighted by molar-refractivity contribution is -0.122. The number of para-hydroxylation sites is 1. The Balaban J connectivity index is 1.58. The molecule has 118 valence electrons. The fourth-order valence-electron chi connectivity index (χ4n) is 2.76. The molecule has 0 aliphatic carbocycles. The van der Waals surface area contributed by atoms with Crippen molar-refractivity contribution in [3.05, 3.63) is 29.3 Å². The van der Waals surface area contributed by atoms with Crippen LogP contribution in [0.1, 0.15) is 24.8 Å². The van der Waals surface area contributed by atoms with Crippen LogP contribution in [-0.4, -0.2) is 36.4 Å². The summed E-state index contributed by atoms with van der Waals surface area (Å²) in [7, 11) is -3.01. The molecule has 7 heteroatoms. The molecule has 1 fully saturated rings. The first-order valence-corrected chi connectivity index (χ1v) is 9.85. The van der Waals surface area contributed by atoms with Gasteiger partial charge in [0.2, 0.25) is 5.91 Å². The third-order valence-corrected chi connectivity index (χ3v) is 6.85. The number of nitrogens with zero attached hydrogens (tertiary/aromatic N) is 1. The van der Waals surface area contributed by atoms with Crippen LogP contribution >= 0.6 is 11.3 Å². The Hall–Kier alpha value is -1.47. The van der Waals surface area contributed by atoms with Gasteiger partial charge in [0.05, 0.1) is 32.3 Å². The van der Waals surface area contributed by atoms with E-state index in [4.69, 9.17) is 0 Å². The number of benzene rings is 1. The monoisotopic (exact) mass is 338 g/mol. The minimum atomic E-state index is -3.01. The van der Waals surface area contributed by atoms with Gasteiger partial charge in [0.1, 0.15) is 0 Å². The van der Waals surface area contributed by atoms with E-state index in [0.29, 0.717) is 19.3 Å². The molecule has 1 saturated heterocycles. The number of aromatic nitrogens is 1. The van der Waals surface area contributed by atoms with Crippen LogP contribution in [0.3, 0.4) is 0 Å². The summed E-state index contributed by atoms with van der Waals surface area (Å²) in [5, 5.41) is 3.80. The van der Waals surface area contributed by atoms with E-state index in [1.165, 1.54) is 0 Å². The van der Waals surface area contributed by atoms with Gasteiger partial charge in [0.15, 0.2) is 9.84 Å². The van der Waals surface area contributed by atoms with Crippen LogP contribution in [0.5, 0.6) is 0 Å². The van der Waals surface area contributed by atoms with Crippen LogP contribution in [0, 0.1) is 0 Å². The van der Waals surface area contributed by atoms with E-state index < -0.39 is 15.4 Å². The summed E-state index contributed by atoms with van der Waals surface area (Å²) in [6.07, 6.45) is 1.39. The predicted molar refractivity (Wildman–Crippen MR) is 87.8 cm³/mol. The number of aryl methyl sites for hydroxylation is 1. The highest BCUT2D eigenvalue weighted by molar-refractivity contribution is 7.91. The Bertz CT molecular complexity index is 780. The molecular weight excluding hydrogens is 320 g/mol. The smallest absolute Gasteiger partial charge is 0.220 e. The van der Waals surface area contributed by atoms with Crippen molar-refractivity contribution in [3.8, 4) is 0 Å². The number of amides is 1. The fourth-order valence-corrected chi connectivity index (χ4v) is 5.82. The lowest BCUT2D eigenvalue weighted by Crippen LogP contribution is -2.47. The highest BCUT2D eigenvalue weighted by Crippen LogP contribution is 2.24. The highest BCUT2D eigenvalue weighted by atomic mass is 32.2. The second kappa shape index (κ2) is 5.62. The van der Waals surface area contributed by atoms with E-state index in [-0.39, 0.29) is 17.4 Å². The molecule has 0 radical (unpaired) electrons. The molecule has 3 rings (SSSR count). The number of thiazole rings is 1. The van der Waals surface area contributed by atoms with Gasteiger partial charge in [-0.2, -0.15) is 0 Å². The first kappa shape index (κ1) is 15.4. The van der Waals surface area contributed by atoms with Crippen LogP contribution in [0.2, 0.25) is 0 Å². The quantitative estimate of drug-likeness (QED) is 0.924. The average molecular weight is 338 g/mol. The molecule has 1 aliphatic heterocycles. The fraction of sp³-hybridized carbons (Fsp3) is 0.467. The summed E-state index contributed by atoms with van der Waals surface area (Å²) in [4.78, 5) is 16.6. The zero-order valence-electron chi connectivity index (χ0n) is 12.3. The lowest BCUT2D eigenvalue weighted by atomic mass is 10.0. The van der Waals surface area contributed by atoms with E-state index in [2.05, 4.69) is 10.3 Å². The molecule has 1 N–H and O–H groups in total. The molecule has 5 nitrogen and oxygen atoms in total. The summed E-state index contributed by atoms with van der Waals surface area (Å²) in [5.74, 6) is 0.0768. The largest absolute Gasteiger partial charge is 0.350 e. The van der Waals surface area contributed by atoms with Crippen molar-refractivity contribution in [1.29, 1.82) is 0 Å². The first-order chi connectivity index (χ1) is 10.4. The third kappa shape index (κ3) is 3.47. The van der Waals surface area contributed by atoms with Crippen LogP contribution in [0.15, 0.2) is 24.3 Å².